The van der Waals surface area contributed by atoms with Crippen LogP contribution in [0.2, 0.25) is 0 Å². The lowest BCUT2D eigenvalue weighted by Gasteiger charge is -2.23. The molecule has 114 valence electrons. The average molecular weight is 392 g/mol. The summed E-state index contributed by atoms with van der Waals surface area (Å²) in [6, 6.07) is 3.34. The molecule has 0 spiro atoms. The van der Waals surface area contributed by atoms with Crippen LogP contribution in [0.4, 0.5) is 4.39 Å². The van der Waals surface area contributed by atoms with E-state index in [2.05, 4.69) is 25.5 Å². The van der Waals surface area contributed by atoms with Gasteiger partial charge in [0.2, 0.25) is 0 Å². The van der Waals surface area contributed by atoms with Crippen molar-refractivity contribution in [1.82, 2.24) is 9.55 Å². The maximum atomic E-state index is 13.9. The highest BCUT2D eigenvalue weighted by Crippen LogP contribution is 2.29. The third-order valence-corrected chi connectivity index (χ3v) is 5.81. The van der Waals surface area contributed by atoms with Crippen LogP contribution in [0, 0.1) is 11.7 Å². The number of halogens is 3. The van der Waals surface area contributed by atoms with Gasteiger partial charge in [0.05, 0.1) is 15.5 Å². The molecule has 2 nitrogen and oxygen atoms in total. The van der Waals surface area contributed by atoms with Crippen molar-refractivity contribution >= 4 is 50.3 Å². The van der Waals surface area contributed by atoms with Crippen molar-refractivity contribution in [3.8, 4) is 0 Å². The molecule has 2 heterocycles. The van der Waals surface area contributed by atoms with Crippen molar-refractivity contribution in [2.45, 2.75) is 25.8 Å². The minimum Gasteiger partial charge on any atom is -0.328 e. The molecule has 1 aromatic carbocycles. The number of aryl methyl sites for hydroxylation is 1. The average Bonchev–Trinajstić information content (AvgIpc) is 2.79. The summed E-state index contributed by atoms with van der Waals surface area (Å²) in [5.74, 6) is 4.37. The first-order valence-electron chi connectivity index (χ1n) is 7.17. The van der Waals surface area contributed by atoms with E-state index in [9.17, 15) is 4.39 Å². The Kier molecular flexibility index (Phi) is 5.12. The molecule has 1 aromatic heterocycles. The van der Waals surface area contributed by atoms with E-state index in [-0.39, 0.29) is 5.82 Å². The molecule has 1 saturated heterocycles. The predicted octanol–water partition coefficient (Wildman–Crippen LogP) is 4.86. The van der Waals surface area contributed by atoms with E-state index in [1.165, 1.54) is 24.3 Å². The first kappa shape index (κ1) is 15.6. The number of nitrogens with zero attached hydrogens (tertiary/aromatic N) is 2. The number of fused-ring (bicyclic) bond motifs is 1. The molecule has 0 saturated carbocycles. The summed E-state index contributed by atoms with van der Waals surface area (Å²) < 4.78 is 16.5. The first-order valence-corrected chi connectivity index (χ1v) is 9.65. The molecule has 21 heavy (non-hydrogen) atoms. The van der Waals surface area contributed by atoms with Crippen molar-refractivity contribution in [3.63, 3.8) is 0 Å². The second-order valence-electron chi connectivity index (χ2n) is 5.39. The standard InChI is InChI=1S/C15H17BrClFN2S/c16-11-7-13-14(8-12(11)18)20(15(19-13)1-4-17)9-10-2-5-21-6-3-10/h7-8,10H,1-6,9H2. The number of benzene rings is 1. The summed E-state index contributed by atoms with van der Waals surface area (Å²) in [7, 11) is 0. The van der Waals surface area contributed by atoms with Crippen LogP contribution in [0.15, 0.2) is 16.6 Å². The van der Waals surface area contributed by atoms with Gasteiger partial charge in [0, 0.05) is 24.9 Å². The second-order valence-corrected chi connectivity index (χ2v) is 7.85. The van der Waals surface area contributed by atoms with Gasteiger partial charge in [0.1, 0.15) is 11.6 Å². The van der Waals surface area contributed by atoms with Gasteiger partial charge in [-0.25, -0.2) is 9.37 Å². The van der Waals surface area contributed by atoms with Gasteiger partial charge in [-0.1, -0.05) is 0 Å². The summed E-state index contributed by atoms with van der Waals surface area (Å²) in [5.41, 5.74) is 1.72. The smallest absolute Gasteiger partial charge is 0.139 e. The van der Waals surface area contributed by atoms with Crippen molar-refractivity contribution in [2.24, 2.45) is 5.92 Å². The van der Waals surface area contributed by atoms with Crippen molar-refractivity contribution in [2.75, 3.05) is 17.4 Å². The molecule has 1 fully saturated rings. The highest BCUT2D eigenvalue weighted by atomic mass is 79.9. The Labute approximate surface area is 141 Å². The normalized spacial score (nSPS) is 16.7. The van der Waals surface area contributed by atoms with E-state index in [0.717, 1.165) is 29.8 Å². The largest absolute Gasteiger partial charge is 0.328 e. The fourth-order valence-corrected chi connectivity index (χ4v) is 4.54. The molecule has 0 aliphatic carbocycles. The Morgan fingerprint density at radius 1 is 1.38 bits per heavy atom. The van der Waals surface area contributed by atoms with Crippen LogP contribution in [-0.4, -0.2) is 26.9 Å². The van der Waals surface area contributed by atoms with Crippen molar-refractivity contribution in [3.05, 3.63) is 28.2 Å². The SMILES string of the molecule is Fc1cc2c(cc1Br)nc(CCCl)n2CC1CCSCC1. The monoisotopic (exact) mass is 390 g/mol. The van der Waals surface area contributed by atoms with Crippen LogP contribution in [0.5, 0.6) is 0 Å². The van der Waals surface area contributed by atoms with E-state index in [4.69, 9.17) is 11.6 Å². The Hall–Kier alpha value is -0.260. The van der Waals surface area contributed by atoms with Crippen LogP contribution in [0.3, 0.4) is 0 Å². The number of alkyl halides is 1. The van der Waals surface area contributed by atoms with Crippen LogP contribution in [0.1, 0.15) is 18.7 Å². The molecule has 6 heteroatoms. The van der Waals surface area contributed by atoms with Gasteiger partial charge < -0.3 is 4.57 Å². The maximum absolute atomic E-state index is 13.9. The summed E-state index contributed by atoms with van der Waals surface area (Å²) in [6.07, 6.45) is 3.17. The number of hydrogen-bond acceptors (Lipinski definition) is 2. The van der Waals surface area contributed by atoms with Gasteiger partial charge in [0.25, 0.3) is 0 Å². The summed E-state index contributed by atoms with van der Waals surface area (Å²) in [4.78, 5) is 4.65. The predicted molar refractivity (Wildman–Crippen MR) is 91.9 cm³/mol. The topological polar surface area (TPSA) is 17.8 Å². The third-order valence-electron chi connectivity index (χ3n) is 3.97. The minimum absolute atomic E-state index is 0.236. The molecule has 0 bridgehead atoms. The van der Waals surface area contributed by atoms with E-state index < -0.39 is 0 Å². The van der Waals surface area contributed by atoms with E-state index in [0.29, 0.717) is 16.3 Å². The molecular formula is C15H17BrClFN2S. The molecule has 3 rings (SSSR count). The maximum Gasteiger partial charge on any atom is 0.139 e. The van der Waals surface area contributed by atoms with Crippen LogP contribution in [-0.2, 0) is 13.0 Å². The van der Waals surface area contributed by atoms with Crippen molar-refractivity contribution < 1.29 is 4.39 Å². The lowest BCUT2D eigenvalue weighted by Crippen LogP contribution is -2.18. The highest BCUT2D eigenvalue weighted by Gasteiger charge is 2.19. The fraction of sp³-hybridized carbons (Fsp3) is 0.533. The van der Waals surface area contributed by atoms with Gasteiger partial charge >= 0.3 is 0 Å². The number of rotatable bonds is 4. The van der Waals surface area contributed by atoms with Gasteiger partial charge in [-0.3, -0.25) is 0 Å². The van der Waals surface area contributed by atoms with Gasteiger partial charge in [-0.05, 0) is 52.3 Å². The van der Waals surface area contributed by atoms with Gasteiger partial charge in [-0.15, -0.1) is 11.6 Å². The van der Waals surface area contributed by atoms with Crippen LogP contribution >= 0.6 is 39.3 Å². The Bertz CT molecular complexity index is 640. The molecular weight excluding hydrogens is 375 g/mol. The lowest BCUT2D eigenvalue weighted by molar-refractivity contribution is 0.415. The van der Waals surface area contributed by atoms with Gasteiger partial charge in [0.15, 0.2) is 0 Å². The molecule has 0 N–H and O–H groups in total. The molecule has 2 aromatic rings. The minimum atomic E-state index is -0.236. The van der Waals surface area contributed by atoms with Crippen molar-refractivity contribution in [1.29, 1.82) is 0 Å². The number of aromatic nitrogens is 2. The molecule has 1 aliphatic heterocycles. The Morgan fingerprint density at radius 3 is 2.86 bits per heavy atom. The molecule has 1 aliphatic rings. The van der Waals surface area contributed by atoms with E-state index in [1.54, 1.807) is 12.1 Å². The third kappa shape index (κ3) is 3.40. The summed E-state index contributed by atoms with van der Waals surface area (Å²) >= 11 is 11.2. The van der Waals surface area contributed by atoms with Gasteiger partial charge in [-0.2, -0.15) is 11.8 Å². The first-order chi connectivity index (χ1) is 10.2. The fourth-order valence-electron chi connectivity index (χ4n) is 2.84. The van der Waals surface area contributed by atoms with E-state index >= 15 is 0 Å². The molecule has 0 radical (unpaired) electrons. The van der Waals surface area contributed by atoms with E-state index in [1.807, 2.05) is 11.8 Å². The zero-order valence-electron chi connectivity index (χ0n) is 11.6. The zero-order valence-corrected chi connectivity index (χ0v) is 14.8. The number of imidazole rings is 1. The summed E-state index contributed by atoms with van der Waals surface area (Å²) in [5, 5.41) is 0. The quantitative estimate of drug-likeness (QED) is 0.693. The molecule has 0 atom stereocenters. The second kappa shape index (κ2) is 6.88. The Balaban J connectivity index is 2.00. The lowest BCUT2D eigenvalue weighted by atomic mass is 10.0. The number of thioether (sulfide) groups is 1. The highest BCUT2D eigenvalue weighted by molar-refractivity contribution is 9.10. The number of hydrogen-bond donors (Lipinski definition) is 0. The zero-order chi connectivity index (χ0) is 14.8. The molecule has 0 amide bonds. The molecule has 0 unspecified atom stereocenters. The summed E-state index contributed by atoms with van der Waals surface area (Å²) in [6.45, 7) is 0.921. The van der Waals surface area contributed by atoms with Crippen LogP contribution < -0.4 is 0 Å². The van der Waals surface area contributed by atoms with Crippen LogP contribution in [0.25, 0.3) is 11.0 Å². The Morgan fingerprint density at radius 2 is 2.14 bits per heavy atom.